The first-order chi connectivity index (χ1) is 13.8. The summed E-state index contributed by atoms with van der Waals surface area (Å²) in [5.74, 6) is 0.00804. The molecule has 0 aliphatic rings. The predicted octanol–water partition coefficient (Wildman–Crippen LogP) is 4.83. The summed E-state index contributed by atoms with van der Waals surface area (Å²) in [5.41, 5.74) is 2.11. The molecular formula is C26H29NO2. The summed E-state index contributed by atoms with van der Waals surface area (Å²) in [5, 5.41) is 14.9. The lowest BCUT2D eigenvalue weighted by atomic mass is 9.80. The minimum absolute atomic E-state index is 0.00804. The molecule has 0 spiro atoms. The highest BCUT2D eigenvalue weighted by Crippen LogP contribution is 2.34. The Morgan fingerprint density at radius 1 is 0.759 bits per heavy atom. The van der Waals surface area contributed by atoms with Gasteiger partial charge in [-0.2, -0.15) is 0 Å². The van der Waals surface area contributed by atoms with Crippen molar-refractivity contribution < 1.29 is 9.90 Å². The van der Waals surface area contributed by atoms with E-state index in [0.717, 1.165) is 22.3 Å². The van der Waals surface area contributed by atoms with Gasteiger partial charge in [-0.1, -0.05) is 106 Å². The Hall–Kier alpha value is -2.91. The molecule has 150 valence electrons. The third kappa shape index (κ3) is 4.93. The molecule has 0 saturated heterocycles. The molecule has 3 nitrogen and oxygen atoms in total. The first-order valence-corrected chi connectivity index (χ1v) is 9.99. The van der Waals surface area contributed by atoms with Gasteiger partial charge in [0.2, 0.25) is 5.91 Å². The number of nitrogens with one attached hydrogen (secondary N) is 1. The molecule has 0 aliphatic heterocycles. The summed E-state index contributed by atoms with van der Waals surface area (Å²) in [6, 6.07) is 27.5. The van der Waals surface area contributed by atoms with Gasteiger partial charge >= 0.3 is 0 Å². The van der Waals surface area contributed by atoms with Crippen molar-refractivity contribution in [2.75, 3.05) is 0 Å². The number of hydrogen-bond donors (Lipinski definition) is 2. The topological polar surface area (TPSA) is 49.3 Å². The quantitative estimate of drug-likeness (QED) is 0.637. The molecule has 3 rings (SSSR count). The fourth-order valence-corrected chi connectivity index (χ4v) is 3.42. The van der Waals surface area contributed by atoms with Crippen LogP contribution in [-0.2, 0) is 23.4 Å². The number of carbonyl (C=O) groups excluding carboxylic acids is 1. The summed E-state index contributed by atoms with van der Waals surface area (Å²) in [6.07, 6.45) is 0.419. The molecule has 0 radical (unpaired) electrons. The minimum Gasteiger partial charge on any atom is -0.380 e. The molecule has 0 bridgehead atoms. The van der Waals surface area contributed by atoms with Crippen molar-refractivity contribution in [1.29, 1.82) is 0 Å². The summed E-state index contributed by atoms with van der Waals surface area (Å²) < 4.78 is 0. The van der Waals surface area contributed by atoms with Gasteiger partial charge in [0.15, 0.2) is 0 Å². The summed E-state index contributed by atoms with van der Waals surface area (Å²) in [6.45, 7) is 6.14. The maximum Gasteiger partial charge on any atom is 0.225 e. The number of carbonyl (C=O) groups is 1. The van der Waals surface area contributed by atoms with E-state index < -0.39 is 11.0 Å². The van der Waals surface area contributed by atoms with Crippen LogP contribution in [-0.4, -0.2) is 11.0 Å². The van der Waals surface area contributed by atoms with E-state index in [-0.39, 0.29) is 5.91 Å². The maximum atomic E-state index is 12.3. The van der Waals surface area contributed by atoms with Gasteiger partial charge in [-0.25, -0.2) is 0 Å². The smallest absolute Gasteiger partial charge is 0.225 e. The van der Waals surface area contributed by atoms with Crippen LogP contribution in [0.4, 0.5) is 0 Å². The molecule has 3 aromatic rings. The monoisotopic (exact) mass is 387 g/mol. The van der Waals surface area contributed by atoms with Gasteiger partial charge in [0.05, 0.1) is 0 Å². The van der Waals surface area contributed by atoms with E-state index in [0.29, 0.717) is 13.0 Å². The normalized spacial score (nSPS) is 11.9. The standard InChI is InChI=1S/C26H29NO2/c1-25(2,3)24(28)27-19-21-13-11-10-12-20(21)18-26(29,22-14-6-4-7-15-22)23-16-8-5-9-17-23/h4-17,29H,18-19H2,1-3H3,(H,27,28). The van der Waals surface area contributed by atoms with Crippen molar-refractivity contribution in [2.45, 2.75) is 39.3 Å². The van der Waals surface area contributed by atoms with Crippen LogP contribution in [0.5, 0.6) is 0 Å². The van der Waals surface area contributed by atoms with Crippen LogP contribution in [0, 0.1) is 5.41 Å². The van der Waals surface area contributed by atoms with Crippen LogP contribution in [0.15, 0.2) is 84.9 Å². The van der Waals surface area contributed by atoms with Crippen molar-refractivity contribution in [1.82, 2.24) is 5.32 Å². The Labute approximate surface area is 173 Å². The van der Waals surface area contributed by atoms with Crippen molar-refractivity contribution >= 4 is 5.91 Å². The van der Waals surface area contributed by atoms with Crippen LogP contribution in [0.2, 0.25) is 0 Å². The van der Waals surface area contributed by atoms with Gasteiger partial charge in [0.1, 0.15) is 5.60 Å². The minimum atomic E-state index is -1.16. The zero-order chi connectivity index (χ0) is 20.9. The second kappa shape index (κ2) is 8.62. The van der Waals surface area contributed by atoms with Crippen LogP contribution < -0.4 is 5.32 Å². The lowest BCUT2D eigenvalue weighted by Crippen LogP contribution is -2.35. The molecule has 0 aromatic heterocycles. The Bertz CT molecular complexity index is 904. The van der Waals surface area contributed by atoms with Crippen molar-refractivity contribution in [3.05, 3.63) is 107 Å². The molecule has 3 aromatic carbocycles. The van der Waals surface area contributed by atoms with Crippen LogP contribution in [0.1, 0.15) is 43.0 Å². The largest absolute Gasteiger partial charge is 0.380 e. The van der Waals surface area contributed by atoms with Gasteiger partial charge in [0.25, 0.3) is 0 Å². The van der Waals surface area contributed by atoms with E-state index in [1.807, 2.05) is 106 Å². The van der Waals surface area contributed by atoms with E-state index in [4.69, 9.17) is 0 Å². The zero-order valence-corrected chi connectivity index (χ0v) is 17.4. The summed E-state index contributed by atoms with van der Waals surface area (Å²) >= 11 is 0. The first-order valence-electron chi connectivity index (χ1n) is 9.99. The lowest BCUT2D eigenvalue weighted by molar-refractivity contribution is -0.128. The molecule has 1 amide bonds. The molecule has 2 N–H and O–H groups in total. The highest BCUT2D eigenvalue weighted by atomic mass is 16.3. The Morgan fingerprint density at radius 3 is 1.69 bits per heavy atom. The Morgan fingerprint density at radius 2 is 1.21 bits per heavy atom. The van der Waals surface area contributed by atoms with Gasteiger partial charge < -0.3 is 10.4 Å². The molecule has 0 aliphatic carbocycles. The van der Waals surface area contributed by atoms with Crippen LogP contribution in [0.25, 0.3) is 0 Å². The van der Waals surface area contributed by atoms with Gasteiger partial charge in [-0.15, -0.1) is 0 Å². The van der Waals surface area contributed by atoms with Crippen LogP contribution in [0.3, 0.4) is 0 Å². The number of rotatable bonds is 6. The number of hydrogen-bond acceptors (Lipinski definition) is 2. The van der Waals surface area contributed by atoms with E-state index in [1.54, 1.807) is 0 Å². The number of aliphatic hydroxyl groups is 1. The summed E-state index contributed by atoms with van der Waals surface area (Å²) in [7, 11) is 0. The third-order valence-corrected chi connectivity index (χ3v) is 5.19. The lowest BCUT2D eigenvalue weighted by Gasteiger charge is -2.30. The fourth-order valence-electron chi connectivity index (χ4n) is 3.42. The molecule has 0 atom stereocenters. The fraction of sp³-hybridized carbons (Fsp3) is 0.269. The van der Waals surface area contributed by atoms with E-state index in [2.05, 4.69) is 5.32 Å². The third-order valence-electron chi connectivity index (χ3n) is 5.19. The van der Waals surface area contributed by atoms with Crippen molar-refractivity contribution in [2.24, 2.45) is 5.41 Å². The maximum absolute atomic E-state index is 12.3. The number of benzene rings is 3. The van der Waals surface area contributed by atoms with Gasteiger partial charge in [-0.3, -0.25) is 4.79 Å². The molecule has 3 heteroatoms. The molecule has 29 heavy (non-hydrogen) atoms. The van der Waals surface area contributed by atoms with Gasteiger partial charge in [0, 0.05) is 18.4 Å². The average molecular weight is 388 g/mol. The van der Waals surface area contributed by atoms with Crippen molar-refractivity contribution in [3.8, 4) is 0 Å². The SMILES string of the molecule is CC(C)(C)C(=O)NCc1ccccc1CC(O)(c1ccccc1)c1ccccc1. The highest BCUT2D eigenvalue weighted by Gasteiger charge is 2.32. The molecular weight excluding hydrogens is 358 g/mol. The second-order valence-electron chi connectivity index (χ2n) is 8.47. The second-order valence-corrected chi connectivity index (χ2v) is 8.47. The van der Waals surface area contributed by atoms with Crippen LogP contribution >= 0.6 is 0 Å². The molecule has 0 saturated carbocycles. The molecule has 0 fully saturated rings. The average Bonchev–Trinajstić information content (AvgIpc) is 2.73. The first kappa shape index (κ1) is 20.8. The predicted molar refractivity (Wildman–Crippen MR) is 117 cm³/mol. The van der Waals surface area contributed by atoms with Gasteiger partial charge in [-0.05, 0) is 22.3 Å². The van der Waals surface area contributed by atoms with E-state index in [9.17, 15) is 9.90 Å². The Kier molecular flexibility index (Phi) is 6.19. The number of amides is 1. The molecule has 0 heterocycles. The summed E-state index contributed by atoms with van der Waals surface area (Å²) in [4.78, 5) is 12.3. The van der Waals surface area contributed by atoms with Crippen molar-refractivity contribution in [3.63, 3.8) is 0 Å². The van der Waals surface area contributed by atoms with E-state index in [1.165, 1.54) is 0 Å². The molecule has 0 unspecified atom stereocenters. The zero-order valence-electron chi connectivity index (χ0n) is 17.4. The Balaban J connectivity index is 1.94. The highest BCUT2D eigenvalue weighted by molar-refractivity contribution is 5.81. The van der Waals surface area contributed by atoms with E-state index >= 15 is 0 Å².